The monoisotopic (exact) mass is 535 g/mol. The van der Waals surface area contributed by atoms with Crippen molar-refractivity contribution in [2.45, 2.75) is 0 Å². The van der Waals surface area contributed by atoms with Crippen LogP contribution < -0.4 is 0 Å². The molecule has 7 aromatic carbocycles. The Morgan fingerprint density at radius 1 is 0.405 bits per heavy atom. The van der Waals surface area contributed by atoms with Gasteiger partial charge >= 0.3 is 0 Å². The van der Waals surface area contributed by atoms with E-state index in [9.17, 15) is 0 Å². The van der Waals surface area contributed by atoms with Crippen LogP contribution in [0.2, 0.25) is 0 Å². The van der Waals surface area contributed by atoms with Crippen LogP contribution in [0.1, 0.15) is 0 Å². The highest BCUT2D eigenvalue weighted by molar-refractivity contribution is 6.26. The Balaban J connectivity index is 1.22. The van der Waals surface area contributed by atoms with E-state index in [-0.39, 0.29) is 0 Å². The second-order valence-electron chi connectivity index (χ2n) is 10.8. The molecule has 0 aliphatic rings. The fourth-order valence-electron chi connectivity index (χ4n) is 6.65. The van der Waals surface area contributed by atoms with Crippen LogP contribution in [0.15, 0.2) is 152 Å². The molecule has 3 nitrogen and oxygen atoms in total. The van der Waals surface area contributed by atoms with E-state index in [0.29, 0.717) is 0 Å². The van der Waals surface area contributed by atoms with E-state index in [0.717, 1.165) is 28.1 Å². The lowest BCUT2D eigenvalue weighted by Crippen LogP contribution is -1.97. The predicted octanol–water partition coefficient (Wildman–Crippen LogP) is 10.0. The van der Waals surface area contributed by atoms with Gasteiger partial charge in [0.2, 0.25) is 0 Å². The minimum Gasteiger partial charge on any atom is -0.309 e. The van der Waals surface area contributed by atoms with Gasteiger partial charge in [0, 0.05) is 27.7 Å². The van der Waals surface area contributed by atoms with Crippen molar-refractivity contribution >= 4 is 43.6 Å². The normalized spacial score (nSPS) is 11.8. The predicted molar refractivity (Wildman–Crippen MR) is 175 cm³/mol. The second-order valence-corrected chi connectivity index (χ2v) is 10.8. The third-order valence-corrected chi connectivity index (χ3v) is 8.50. The zero-order chi connectivity index (χ0) is 27.6. The summed E-state index contributed by atoms with van der Waals surface area (Å²) < 4.78 is 4.65. The summed E-state index contributed by atoms with van der Waals surface area (Å²) in [6, 6.07) is 54.1. The molecule has 0 N–H and O–H groups in total. The quantitative estimate of drug-likeness (QED) is 0.206. The molecular weight excluding hydrogens is 510 g/mol. The summed E-state index contributed by atoms with van der Waals surface area (Å²) in [5.41, 5.74) is 10.4. The third-order valence-electron chi connectivity index (χ3n) is 8.50. The Morgan fingerprint density at radius 3 is 1.83 bits per heavy atom. The lowest BCUT2D eigenvalue weighted by molar-refractivity contribution is 1.10. The first kappa shape index (κ1) is 23.1. The number of imidazole rings is 1. The average molecular weight is 536 g/mol. The second kappa shape index (κ2) is 8.92. The molecule has 42 heavy (non-hydrogen) atoms. The summed E-state index contributed by atoms with van der Waals surface area (Å²) >= 11 is 0. The Morgan fingerprint density at radius 2 is 1.05 bits per heavy atom. The molecule has 2 aromatic heterocycles. The van der Waals surface area contributed by atoms with Gasteiger partial charge in [-0.1, -0.05) is 103 Å². The Hall–Kier alpha value is -5.67. The van der Waals surface area contributed by atoms with Gasteiger partial charge in [-0.05, 0) is 70.4 Å². The van der Waals surface area contributed by atoms with E-state index in [1.807, 2.05) is 6.07 Å². The van der Waals surface area contributed by atoms with Crippen LogP contribution in [0.4, 0.5) is 0 Å². The number of nitrogens with zero attached hydrogens (tertiary/aromatic N) is 3. The molecule has 0 radical (unpaired) electrons. The van der Waals surface area contributed by atoms with Crippen LogP contribution in [-0.2, 0) is 0 Å². The molecule has 0 spiro atoms. The van der Waals surface area contributed by atoms with Crippen molar-refractivity contribution in [1.29, 1.82) is 0 Å². The topological polar surface area (TPSA) is 22.8 Å². The van der Waals surface area contributed by atoms with Crippen LogP contribution in [0, 0.1) is 0 Å². The number of hydrogen-bond acceptors (Lipinski definition) is 1. The van der Waals surface area contributed by atoms with Gasteiger partial charge < -0.3 is 4.57 Å². The lowest BCUT2D eigenvalue weighted by Gasteiger charge is -2.12. The molecule has 0 saturated carbocycles. The summed E-state index contributed by atoms with van der Waals surface area (Å²) in [6.07, 6.45) is 0. The van der Waals surface area contributed by atoms with Crippen molar-refractivity contribution in [2.24, 2.45) is 0 Å². The summed E-state index contributed by atoms with van der Waals surface area (Å²) in [5, 5.41) is 5.19. The summed E-state index contributed by atoms with van der Waals surface area (Å²) in [6.45, 7) is 0. The zero-order valence-electron chi connectivity index (χ0n) is 22.8. The van der Waals surface area contributed by atoms with Crippen LogP contribution in [0.5, 0.6) is 0 Å². The number of aromatic nitrogens is 3. The van der Waals surface area contributed by atoms with Crippen LogP contribution in [-0.4, -0.2) is 14.1 Å². The van der Waals surface area contributed by atoms with Gasteiger partial charge in [-0.3, -0.25) is 4.57 Å². The van der Waals surface area contributed by atoms with Crippen LogP contribution in [0.3, 0.4) is 0 Å². The molecule has 0 aliphatic heterocycles. The van der Waals surface area contributed by atoms with E-state index < -0.39 is 0 Å². The zero-order valence-corrected chi connectivity index (χ0v) is 22.8. The number of para-hydroxylation sites is 4. The van der Waals surface area contributed by atoms with Gasteiger partial charge in [-0.25, -0.2) is 4.98 Å². The largest absolute Gasteiger partial charge is 0.309 e. The van der Waals surface area contributed by atoms with Gasteiger partial charge in [0.1, 0.15) is 5.82 Å². The summed E-state index contributed by atoms with van der Waals surface area (Å²) in [4.78, 5) is 5.06. The molecule has 0 aliphatic carbocycles. The first-order chi connectivity index (χ1) is 20.8. The first-order valence-corrected chi connectivity index (χ1v) is 14.3. The molecular formula is C39H25N3. The highest BCUT2D eigenvalue weighted by Crippen LogP contribution is 2.42. The molecule has 0 fully saturated rings. The fourth-order valence-corrected chi connectivity index (χ4v) is 6.65. The molecule has 0 bridgehead atoms. The molecule has 0 saturated heterocycles. The van der Waals surface area contributed by atoms with Crippen LogP contribution >= 0.6 is 0 Å². The molecule has 9 rings (SSSR count). The van der Waals surface area contributed by atoms with Crippen molar-refractivity contribution in [3.8, 4) is 33.9 Å². The maximum Gasteiger partial charge on any atom is 0.145 e. The molecule has 196 valence electrons. The molecule has 9 aromatic rings. The summed E-state index contributed by atoms with van der Waals surface area (Å²) in [5.74, 6) is 0.946. The van der Waals surface area contributed by atoms with E-state index in [2.05, 4.69) is 155 Å². The van der Waals surface area contributed by atoms with Crippen molar-refractivity contribution in [3.05, 3.63) is 152 Å². The van der Waals surface area contributed by atoms with E-state index in [1.165, 1.54) is 49.4 Å². The standard InChI is InChI=1S/C39H25N3/c1-3-11-29(12-4-1)41-35-17-9-10-27-22-23-32-31(24-25-36(41)38(32)37(27)35)26-18-20-28(21-19-26)39-40-33-15-7-8-16-34(33)42(39)30-13-5-2-6-14-30/h1-25H. The van der Waals surface area contributed by atoms with Crippen molar-refractivity contribution < 1.29 is 0 Å². The molecule has 3 heteroatoms. The van der Waals surface area contributed by atoms with E-state index >= 15 is 0 Å². The maximum atomic E-state index is 5.06. The maximum absolute atomic E-state index is 5.06. The SMILES string of the molecule is c1ccc(-n2c(-c3ccc(-c4ccc5c6c4ccc4cccc(c46)n5-c4ccccc4)cc3)nc3ccccc32)cc1. The van der Waals surface area contributed by atoms with Gasteiger partial charge in [0.15, 0.2) is 0 Å². The Bertz CT molecular complexity index is 2380. The number of benzene rings is 7. The first-order valence-electron chi connectivity index (χ1n) is 14.3. The minimum atomic E-state index is 0.946. The van der Waals surface area contributed by atoms with E-state index in [4.69, 9.17) is 4.98 Å². The lowest BCUT2D eigenvalue weighted by atomic mass is 9.94. The number of rotatable bonds is 4. The fraction of sp³-hybridized carbons (Fsp3) is 0. The summed E-state index contributed by atoms with van der Waals surface area (Å²) in [7, 11) is 0. The number of fused-ring (bicyclic) bond motifs is 1. The Kier molecular flexibility index (Phi) is 4.90. The Labute approximate surface area is 242 Å². The van der Waals surface area contributed by atoms with Gasteiger partial charge in [0.25, 0.3) is 0 Å². The molecule has 0 unspecified atom stereocenters. The molecule has 0 amide bonds. The third kappa shape index (κ3) is 3.31. The van der Waals surface area contributed by atoms with Crippen molar-refractivity contribution in [2.75, 3.05) is 0 Å². The highest BCUT2D eigenvalue weighted by atomic mass is 15.1. The van der Waals surface area contributed by atoms with Crippen LogP contribution in [0.25, 0.3) is 77.5 Å². The van der Waals surface area contributed by atoms with Crippen molar-refractivity contribution in [3.63, 3.8) is 0 Å². The average Bonchev–Trinajstić information content (AvgIpc) is 3.62. The van der Waals surface area contributed by atoms with Gasteiger partial charge in [-0.15, -0.1) is 0 Å². The smallest absolute Gasteiger partial charge is 0.145 e. The van der Waals surface area contributed by atoms with Crippen molar-refractivity contribution in [1.82, 2.24) is 14.1 Å². The minimum absolute atomic E-state index is 0.946. The van der Waals surface area contributed by atoms with Gasteiger partial charge in [-0.2, -0.15) is 0 Å². The van der Waals surface area contributed by atoms with E-state index in [1.54, 1.807) is 0 Å². The molecule has 0 atom stereocenters. The molecule has 2 heterocycles. The highest BCUT2D eigenvalue weighted by Gasteiger charge is 2.19. The van der Waals surface area contributed by atoms with Gasteiger partial charge in [0.05, 0.1) is 22.1 Å². The number of hydrogen-bond donors (Lipinski definition) is 0.